The maximum atomic E-state index is 12.2. The monoisotopic (exact) mass is 247 g/mol. The van der Waals surface area contributed by atoms with Crippen LogP contribution in [0.2, 0.25) is 0 Å². The summed E-state index contributed by atoms with van der Waals surface area (Å²) in [5.74, 6) is -1.23. The molecule has 4 heteroatoms. The van der Waals surface area contributed by atoms with Gasteiger partial charge in [-0.15, -0.1) is 0 Å². The van der Waals surface area contributed by atoms with E-state index >= 15 is 0 Å². The van der Waals surface area contributed by atoms with Crippen LogP contribution in [0, 0.1) is 0 Å². The molecule has 0 saturated heterocycles. The molecule has 1 aliphatic carbocycles. The van der Waals surface area contributed by atoms with E-state index in [1.54, 1.807) is 6.07 Å². The Labute approximate surface area is 106 Å². The molecule has 0 fully saturated rings. The molecule has 1 N–H and O–H groups in total. The number of carbonyl (C=O) groups excluding carboxylic acids is 1. The second-order valence-corrected chi connectivity index (χ2v) is 4.77. The van der Waals surface area contributed by atoms with Crippen molar-refractivity contribution in [2.24, 2.45) is 0 Å². The van der Waals surface area contributed by atoms with Crippen LogP contribution < -0.4 is 0 Å². The average Bonchev–Trinajstić information content (AvgIpc) is 2.82. The Morgan fingerprint density at radius 1 is 1.28 bits per heavy atom. The molecule has 1 atom stereocenters. The number of aliphatic carboxylic acids is 1. The molecule has 0 bridgehead atoms. The van der Waals surface area contributed by atoms with E-state index in [4.69, 9.17) is 5.11 Å². The zero-order valence-corrected chi connectivity index (χ0v) is 10.6. The molecule has 0 saturated carbocycles. The standard InChI is InChI=1S/C14H17NO3/c1-9(14(17)18)15(2)13(16)12-7-6-10-4-3-5-11(10)8-12/h6-9H,3-5H2,1-2H3,(H,17,18). The van der Waals surface area contributed by atoms with Crippen molar-refractivity contribution in [3.63, 3.8) is 0 Å². The first-order chi connectivity index (χ1) is 8.50. The van der Waals surface area contributed by atoms with E-state index in [0.29, 0.717) is 5.56 Å². The van der Waals surface area contributed by atoms with Crippen molar-refractivity contribution in [1.29, 1.82) is 0 Å². The molecule has 18 heavy (non-hydrogen) atoms. The molecule has 0 spiro atoms. The van der Waals surface area contributed by atoms with Crippen molar-refractivity contribution in [3.8, 4) is 0 Å². The number of fused-ring (bicyclic) bond motifs is 1. The van der Waals surface area contributed by atoms with E-state index in [2.05, 4.69) is 0 Å². The summed E-state index contributed by atoms with van der Waals surface area (Å²) in [5, 5.41) is 8.91. The third kappa shape index (κ3) is 2.23. The maximum absolute atomic E-state index is 12.2. The number of benzene rings is 1. The number of likely N-dealkylation sites (N-methyl/N-ethyl adjacent to an activating group) is 1. The van der Waals surface area contributed by atoms with Crippen LogP contribution in [0.5, 0.6) is 0 Å². The van der Waals surface area contributed by atoms with Crippen LogP contribution in [0.1, 0.15) is 34.8 Å². The summed E-state index contributed by atoms with van der Waals surface area (Å²) in [6.45, 7) is 1.51. The van der Waals surface area contributed by atoms with Crippen molar-refractivity contribution in [1.82, 2.24) is 4.90 Å². The third-order valence-corrected chi connectivity index (χ3v) is 3.60. The van der Waals surface area contributed by atoms with Crippen LogP contribution >= 0.6 is 0 Å². The van der Waals surface area contributed by atoms with Crippen LogP contribution in [-0.4, -0.2) is 35.0 Å². The Morgan fingerprint density at radius 3 is 2.61 bits per heavy atom. The van der Waals surface area contributed by atoms with Gasteiger partial charge in [0.1, 0.15) is 6.04 Å². The summed E-state index contributed by atoms with van der Waals surface area (Å²) in [4.78, 5) is 24.3. The van der Waals surface area contributed by atoms with E-state index in [0.717, 1.165) is 19.3 Å². The lowest BCUT2D eigenvalue weighted by atomic mass is 10.1. The maximum Gasteiger partial charge on any atom is 0.326 e. The molecule has 1 amide bonds. The van der Waals surface area contributed by atoms with Crippen LogP contribution in [0.3, 0.4) is 0 Å². The van der Waals surface area contributed by atoms with Gasteiger partial charge < -0.3 is 10.0 Å². The summed E-state index contributed by atoms with van der Waals surface area (Å²) in [6.07, 6.45) is 3.22. The van der Waals surface area contributed by atoms with E-state index in [1.807, 2.05) is 12.1 Å². The SMILES string of the molecule is CC(C(=O)O)N(C)C(=O)c1ccc2c(c1)CCC2. The van der Waals surface area contributed by atoms with Crippen molar-refractivity contribution < 1.29 is 14.7 Å². The second kappa shape index (κ2) is 4.80. The summed E-state index contributed by atoms with van der Waals surface area (Å²) >= 11 is 0. The number of carboxylic acid groups (broad SMARTS) is 1. The fraction of sp³-hybridized carbons (Fsp3) is 0.429. The minimum atomic E-state index is -0.994. The van der Waals surface area contributed by atoms with E-state index in [-0.39, 0.29) is 5.91 Å². The molecule has 1 aliphatic rings. The highest BCUT2D eigenvalue weighted by molar-refractivity contribution is 5.96. The van der Waals surface area contributed by atoms with Gasteiger partial charge in [0.2, 0.25) is 0 Å². The van der Waals surface area contributed by atoms with Crippen molar-refractivity contribution >= 4 is 11.9 Å². The second-order valence-electron chi connectivity index (χ2n) is 4.77. The minimum Gasteiger partial charge on any atom is -0.480 e. The molecular formula is C14H17NO3. The van der Waals surface area contributed by atoms with Gasteiger partial charge in [0.15, 0.2) is 0 Å². The van der Waals surface area contributed by atoms with Gasteiger partial charge in [-0.2, -0.15) is 0 Å². The van der Waals surface area contributed by atoms with Gasteiger partial charge in [0, 0.05) is 12.6 Å². The normalized spacial score (nSPS) is 15.0. The predicted molar refractivity (Wildman–Crippen MR) is 67.7 cm³/mol. The minimum absolute atomic E-state index is 0.236. The Balaban J connectivity index is 2.21. The molecule has 96 valence electrons. The van der Waals surface area contributed by atoms with Crippen LogP contribution in [0.15, 0.2) is 18.2 Å². The average molecular weight is 247 g/mol. The van der Waals surface area contributed by atoms with Gasteiger partial charge in [-0.05, 0) is 49.4 Å². The van der Waals surface area contributed by atoms with Gasteiger partial charge in [-0.1, -0.05) is 6.07 Å². The molecule has 2 rings (SSSR count). The molecule has 1 aromatic rings. The van der Waals surface area contributed by atoms with Crippen molar-refractivity contribution in [2.45, 2.75) is 32.2 Å². The highest BCUT2D eigenvalue weighted by Gasteiger charge is 2.23. The lowest BCUT2D eigenvalue weighted by Crippen LogP contribution is -2.40. The Morgan fingerprint density at radius 2 is 1.94 bits per heavy atom. The van der Waals surface area contributed by atoms with Gasteiger partial charge in [0.25, 0.3) is 5.91 Å². The fourth-order valence-electron chi connectivity index (χ4n) is 2.25. The smallest absolute Gasteiger partial charge is 0.326 e. The molecule has 1 unspecified atom stereocenters. The molecule has 0 heterocycles. The van der Waals surface area contributed by atoms with Crippen molar-refractivity contribution in [2.75, 3.05) is 7.05 Å². The zero-order chi connectivity index (χ0) is 13.3. The lowest BCUT2D eigenvalue weighted by Gasteiger charge is -2.21. The predicted octanol–water partition coefficient (Wildman–Crippen LogP) is 1.72. The summed E-state index contributed by atoms with van der Waals surface area (Å²) in [6, 6.07) is 4.85. The van der Waals surface area contributed by atoms with Crippen LogP contribution in [0.25, 0.3) is 0 Å². The Bertz CT molecular complexity index is 496. The number of carboxylic acids is 1. The number of hydrogen-bond donors (Lipinski definition) is 1. The van der Waals surface area contributed by atoms with Crippen molar-refractivity contribution in [3.05, 3.63) is 34.9 Å². The third-order valence-electron chi connectivity index (χ3n) is 3.60. The van der Waals surface area contributed by atoms with E-state index < -0.39 is 12.0 Å². The number of carbonyl (C=O) groups is 2. The van der Waals surface area contributed by atoms with Gasteiger partial charge in [-0.25, -0.2) is 4.79 Å². The Kier molecular flexibility index (Phi) is 3.36. The van der Waals surface area contributed by atoms with Crippen LogP contribution in [0.4, 0.5) is 0 Å². The summed E-state index contributed by atoms with van der Waals surface area (Å²) in [7, 11) is 1.52. The fourth-order valence-corrected chi connectivity index (χ4v) is 2.25. The van der Waals surface area contributed by atoms with Gasteiger partial charge in [-0.3, -0.25) is 4.79 Å². The number of hydrogen-bond acceptors (Lipinski definition) is 2. The Hall–Kier alpha value is -1.84. The summed E-state index contributed by atoms with van der Waals surface area (Å²) in [5.41, 5.74) is 3.10. The highest BCUT2D eigenvalue weighted by Crippen LogP contribution is 2.23. The molecule has 0 radical (unpaired) electrons. The first kappa shape index (κ1) is 12.6. The molecule has 0 aliphatic heterocycles. The van der Waals surface area contributed by atoms with Gasteiger partial charge in [0.05, 0.1) is 0 Å². The molecule has 1 aromatic carbocycles. The molecule has 0 aromatic heterocycles. The number of aryl methyl sites for hydroxylation is 2. The number of rotatable bonds is 3. The van der Waals surface area contributed by atoms with Gasteiger partial charge >= 0.3 is 5.97 Å². The lowest BCUT2D eigenvalue weighted by molar-refractivity contribution is -0.141. The van der Waals surface area contributed by atoms with Crippen LogP contribution in [-0.2, 0) is 17.6 Å². The first-order valence-corrected chi connectivity index (χ1v) is 6.12. The quantitative estimate of drug-likeness (QED) is 0.884. The topological polar surface area (TPSA) is 57.6 Å². The largest absolute Gasteiger partial charge is 0.480 e. The van der Waals surface area contributed by atoms with E-state index in [9.17, 15) is 9.59 Å². The first-order valence-electron chi connectivity index (χ1n) is 6.12. The highest BCUT2D eigenvalue weighted by atomic mass is 16.4. The van der Waals surface area contributed by atoms with E-state index in [1.165, 1.54) is 30.0 Å². The zero-order valence-electron chi connectivity index (χ0n) is 10.6. The number of amides is 1. The number of nitrogens with zero attached hydrogens (tertiary/aromatic N) is 1. The molecular weight excluding hydrogens is 230 g/mol. The molecule has 4 nitrogen and oxygen atoms in total. The summed E-state index contributed by atoms with van der Waals surface area (Å²) < 4.78 is 0.